The van der Waals surface area contributed by atoms with E-state index in [2.05, 4.69) is 11.4 Å². The van der Waals surface area contributed by atoms with Gasteiger partial charge in [0, 0.05) is 12.1 Å². The molecule has 0 saturated heterocycles. The second kappa shape index (κ2) is 5.38. The molecule has 2 N–H and O–H groups in total. The zero-order chi connectivity index (χ0) is 13.0. The Morgan fingerprint density at radius 1 is 1.50 bits per heavy atom. The normalized spacial score (nSPS) is 16.7. The number of hydrogen-bond donors (Lipinski definition) is 2. The minimum absolute atomic E-state index is 0.104. The molecule has 0 atom stereocenters. The predicted octanol–water partition coefficient (Wildman–Crippen LogP) is 1.57. The zero-order valence-electron chi connectivity index (χ0n) is 10.6. The Kier molecular flexibility index (Phi) is 3.85. The van der Waals surface area contributed by atoms with Gasteiger partial charge in [0.15, 0.2) is 0 Å². The number of hydrogen-bond acceptors (Lipinski definition) is 4. The van der Waals surface area contributed by atoms with Crippen molar-refractivity contribution in [1.29, 1.82) is 5.26 Å². The van der Waals surface area contributed by atoms with Crippen LogP contribution in [0.25, 0.3) is 0 Å². The maximum absolute atomic E-state index is 9.36. The third-order valence-electron chi connectivity index (χ3n) is 3.67. The standard InChI is InChI=1S/C14H18N2O2/c1-18-13-4-3-11(7-12(13)8-15)9-16-14(10-17)5-2-6-14/h3-4,7,16-17H,2,5-6,9-10H2,1H3. The van der Waals surface area contributed by atoms with Gasteiger partial charge < -0.3 is 15.2 Å². The van der Waals surface area contributed by atoms with E-state index in [0.717, 1.165) is 18.4 Å². The van der Waals surface area contributed by atoms with Crippen molar-refractivity contribution < 1.29 is 9.84 Å². The van der Waals surface area contributed by atoms with Gasteiger partial charge in [0.25, 0.3) is 0 Å². The third-order valence-corrected chi connectivity index (χ3v) is 3.67. The number of nitriles is 1. The fourth-order valence-electron chi connectivity index (χ4n) is 2.24. The highest BCUT2D eigenvalue weighted by Crippen LogP contribution is 2.31. The Bertz CT molecular complexity index is 456. The average Bonchev–Trinajstić information content (AvgIpc) is 2.37. The predicted molar refractivity (Wildman–Crippen MR) is 68.2 cm³/mol. The molecule has 0 heterocycles. The molecule has 1 aliphatic carbocycles. The molecule has 0 unspecified atom stereocenters. The molecule has 0 aliphatic heterocycles. The summed E-state index contributed by atoms with van der Waals surface area (Å²) in [5.41, 5.74) is 1.47. The molecule has 1 fully saturated rings. The number of methoxy groups -OCH3 is 1. The largest absolute Gasteiger partial charge is 0.495 e. The minimum atomic E-state index is -0.104. The lowest BCUT2D eigenvalue weighted by molar-refractivity contribution is 0.0872. The summed E-state index contributed by atoms with van der Waals surface area (Å²) in [6.45, 7) is 0.841. The molecule has 1 aromatic rings. The topological polar surface area (TPSA) is 65.3 Å². The molecular weight excluding hydrogens is 228 g/mol. The first-order valence-corrected chi connectivity index (χ1v) is 6.16. The van der Waals surface area contributed by atoms with Gasteiger partial charge in [-0.05, 0) is 37.0 Å². The van der Waals surface area contributed by atoms with Gasteiger partial charge in [-0.2, -0.15) is 5.26 Å². The van der Waals surface area contributed by atoms with E-state index >= 15 is 0 Å². The lowest BCUT2D eigenvalue weighted by Gasteiger charge is -2.41. The maximum atomic E-state index is 9.36. The quantitative estimate of drug-likeness (QED) is 0.827. The number of ether oxygens (including phenoxy) is 1. The summed E-state index contributed by atoms with van der Waals surface area (Å²) < 4.78 is 5.11. The van der Waals surface area contributed by atoms with E-state index in [-0.39, 0.29) is 12.1 Å². The highest BCUT2D eigenvalue weighted by Gasteiger charge is 2.35. The average molecular weight is 246 g/mol. The van der Waals surface area contributed by atoms with Gasteiger partial charge in [0.2, 0.25) is 0 Å². The van der Waals surface area contributed by atoms with Crippen molar-refractivity contribution in [2.45, 2.75) is 31.3 Å². The van der Waals surface area contributed by atoms with E-state index in [1.165, 1.54) is 6.42 Å². The monoisotopic (exact) mass is 246 g/mol. The number of benzene rings is 1. The van der Waals surface area contributed by atoms with Crippen molar-refractivity contribution >= 4 is 0 Å². The molecule has 4 nitrogen and oxygen atoms in total. The molecule has 1 aliphatic rings. The smallest absolute Gasteiger partial charge is 0.136 e. The maximum Gasteiger partial charge on any atom is 0.136 e. The Balaban J connectivity index is 2.04. The number of aliphatic hydroxyl groups excluding tert-OH is 1. The van der Waals surface area contributed by atoms with Crippen LogP contribution in [0, 0.1) is 11.3 Å². The van der Waals surface area contributed by atoms with Crippen LogP contribution in [0.15, 0.2) is 18.2 Å². The van der Waals surface area contributed by atoms with E-state index in [1.807, 2.05) is 18.2 Å². The lowest BCUT2D eigenvalue weighted by Crippen LogP contribution is -2.53. The number of nitrogens with zero attached hydrogens (tertiary/aromatic N) is 1. The van der Waals surface area contributed by atoms with Crippen molar-refractivity contribution in [3.8, 4) is 11.8 Å². The molecule has 0 spiro atoms. The number of aliphatic hydroxyl groups is 1. The van der Waals surface area contributed by atoms with Crippen LogP contribution in [-0.4, -0.2) is 24.4 Å². The third kappa shape index (κ3) is 2.47. The summed E-state index contributed by atoms with van der Waals surface area (Å²) in [4.78, 5) is 0. The molecule has 0 aromatic heterocycles. The van der Waals surface area contributed by atoms with Crippen LogP contribution in [0.1, 0.15) is 30.4 Å². The van der Waals surface area contributed by atoms with E-state index in [9.17, 15) is 5.11 Å². The Morgan fingerprint density at radius 2 is 2.28 bits per heavy atom. The van der Waals surface area contributed by atoms with Gasteiger partial charge in [0.05, 0.1) is 19.3 Å². The molecule has 1 saturated carbocycles. The van der Waals surface area contributed by atoms with E-state index in [1.54, 1.807) is 7.11 Å². The number of nitrogens with one attached hydrogen (secondary N) is 1. The van der Waals surface area contributed by atoms with Gasteiger partial charge in [-0.3, -0.25) is 0 Å². The van der Waals surface area contributed by atoms with Crippen LogP contribution in [0.4, 0.5) is 0 Å². The summed E-state index contributed by atoms with van der Waals surface area (Å²) in [5.74, 6) is 0.599. The van der Waals surface area contributed by atoms with Crippen LogP contribution in [0.5, 0.6) is 5.75 Å². The first kappa shape index (κ1) is 12.9. The molecular formula is C14H18N2O2. The van der Waals surface area contributed by atoms with Crippen LogP contribution >= 0.6 is 0 Å². The summed E-state index contributed by atoms with van der Waals surface area (Å²) in [6.07, 6.45) is 3.20. The molecule has 2 rings (SSSR count). The molecule has 4 heteroatoms. The van der Waals surface area contributed by atoms with Crippen molar-refractivity contribution in [3.63, 3.8) is 0 Å². The molecule has 18 heavy (non-hydrogen) atoms. The summed E-state index contributed by atoms with van der Waals surface area (Å²) in [7, 11) is 1.56. The Labute approximate surface area is 107 Å². The van der Waals surface area contributed by atoms with Crippen LogP contribution in [0.2, 0.25) is 0 Å². The Hall–Kier alpha value is -1.57. The van der Waals surface area contributed by atoms with Gasteiger partial charge in [0.1, 0.15) is 11.8 Å². The first-order valence-electron chi connectivity index (χ1n) is 6.16. The van der Waals surface area contributed by atoms with Crippen molar-refractivity contribution in [1.82, 2.24) is 5.32 Å². The second-order valence-corrected chi connectivity index (χ2v) is 4.79. The van der Waals surface area contributed by atoms with E-state index < -0.39 is 0 Å². The fourth-order valence-corrected chi connectivity index (χ4v) is 2.24. The van der Waals surface area contributed by atoms with Gasteiger partial charge in [-0.1, -0.05) is 6.07 Å². The zero-order valence-corrected chi connectivity index (χ0v) is 10.6. The highest BCUT2D eigenvalue weighted by atomic mass is 16.5. The summed E-state index contributed by atoms with van der Waals surface area (Å²) >= 11 is 0. The van der Waals surface area contributed by atoms with Crippen molar-refractivity contribution in [2.24, 2.45) is 0 Å². The first-order chi connectivity index (χ1) is 8.73. The SMILES string of the molecule is COc1ccc(CNC2(CO)CCC2)cc1C#N. The molecule has 0 radical (unpaired) electrons. The molecule has 0 bridgehead atoms. The van der Waals surface area contributed by atoms with Crippen LogP contribution in [-0.2, 0) is 6.54 Å². The van der Waals surface area contributed by atoms with E-state index in [0.29, 0.717) is 17.9 Å². The second-order valence-electron chi connectivity index (χ2n) is 4.79. The highest BCUT2D eigenvalue weighted by molar-refractivity contribution is 5.45. The summed E-state index contributed by atoms with van der Waals surface area (Å²) in [6, 6.07) is 7.70. The molecule has 0 amide bonds. The van der Waals surface area contributed by atoms with Crippen molar-refractivity contribution in [2.75, 3.05) is 13.7 Å². The Morgan fingerprint density at radius 3 is 2.78 bits per heavy atom. The van der Waals surface area contributed by atoms with Crippen LogP contribution < -0.4 is 10.1 Å². The lowest BCUT2D eigenvalue weighted by atomic mass is 9.77. The van der Waals surface area contributed by atoms with Gasteiger partial charge in [-0.25, -0.2) is 0 Å². The minimum Gasteiger partial charge on any atom is -0.495 e. The number of rotatable bonds is 5. The van der Waals surface area contributed by atoms with Gasteiger partial charge in [-0.15, -0.1) is 0 Å². The van der Waals surface area contributed by atoms with Crippen LogP contribution in [0.3, 0.4) is 0 Å². The summed E-state index contributed by atoms with van der Waals surface area (Å²) in [5, 5.41) is 21.8. The molecule has 1 aromatic carbocycles. The van der Waals surface area contributed by atoms with Gasteiger partial charge >= 0.3 is 0 Å². The van der Waals surface area contributed by atoms with E-state index in [4.69, 9.17) is 10.00 Å². The molecule has 96 valence electrons. The fraction of sp³-hybridized carbons (Fsp3) is 0.500. The van der Waals surface area contributed by atoms with Crippen molar-refractivity contribution in [3.05, 3.63) is 29.3 Å².